The number of hydrogen-bond donors (Lipinski definition) is 1. The maximum absolute atomic E-state index is 5.92. The van der Waals surface area contributed by atoms with Gasteiger partial charge in [0.2, 0.25) is 0 Å². The highest BCUT2D eigenvalue weighted by molar-refractivity contribution is 9.10. The molecular weight excluding hydrogens is 218 g/mol. The Labute approximate surface area is 81.3 Å². The smallest absolute Gasteiger partial charge is 0.134 e. The Hall–Kier alpha value is -0.280. The summed E-state index contributed by atoms with van der Waals surface area (Å²) in [6.07, 6.45) is 2.60. The average molecular weight is 232 g/mol. The Morgan fingerprint density at radius 1 is 1.58 bits per heavy atom. The van der Waals surface area contributed by atoms with Crippen molar-refractivity contribution in [3.8, 4) is 0 Å². The summed E-state index contributed by atoms with van der Waals surface area (Å²) in [6.45, 7) is 4.30. The van der Waals surface area contributed by atoms with E-state index in [1.807, 2.05) is 6.07 Å². The van der Waals surface area contributed by atoms with E-state index in [0.717, 1.165) is 16.7 Å². The average Bonchev–Trinajstić information content (AvgIpc) is 2.33. The zero-order chi connectivity index (χ0) is 9.14. The first-order valence-corrected chi connectivity index (χ1v) is 4.89. The molecule has 2 nitrogen and oxygen atoms in total. The maximum Gasteiger partial charge on any atom is 0.134 e. The van der Waals surface area contributed by atoms with Crippen molar-refractivity contribution < 1.29 is 4.42 Å². The number of halogens is 1. The molecule has 0 aromatic carbocycles. The van der Waals surface area contributed by atoms with E-state index < -0.39 is 0 Å². The first-order chi connectivity index (χ1) is 5.61. The standard InChI is InChI=1S/C9H14BrNO/c1-6(2)5-8(11)9-7(10)3-4-12-9/h3-4,6,8H,5,11H2,1-2H3. The quantitative estimate of drug-likeness (QED) is 0.869. The van der Waals surface area contributed by atoms with Gasteiger partial charge >= 0.3 is 0 Å². The van der Waals surface area contributed by atoms with E-state index in [1.165, 1.54) is 0 Å². The summed E-state index contributed by atoms with van der Waals surface area (Å²) in [5.74, 6) is 1.45. The lowest BCUT2D eigenvalue weighted by Gasteiger charge is -2.11. The fourth-order valence-corrected chi connectivity index (χ4v) is 1.68. The number of rotatable bonds is 3. The molecule has 12 heavy (non-hydrogen) atoms. The maximum atomic E-state index is 5.92. The summed E-state index contributed by atoms with van der Waals surface area (Å²) >= 11 is 3.38. The van der Waals surface area contributed by atoms with Crippen molar-refractivity contribution in [3.63, 3.8) is 0 Å². The predicted octanol–water partition coefficient (Wildman–Crippen LogP) is 3.09. The number of nitrogens with two attached hydrogens (primary N) is 1. The van der Waals surface area contributed by atoms with Crippen LogP contribution in [0.4, 0.5) is 0 Å². The Kier molecular flexibility index (Phi) is 3.35. The van der Waals surface area contributed by atoms with E-state index in [0.29, 0.717) is 5.92 Å². The van der Waals surface area contributed by atoms with E-state index in [1.54, 1.807) is 6.26 Å². The van der Waals surface area contributed by atoms with Gasteiger partial charge in [-0.3, -0.25) is 0 Å². The molecule has 2 N–H and O–H groups in total. The van der Waals surface area contributed by atoms with Crippen molar-refractivity contribution in [2.24, 2.45) is 11.7 Å². The molecule has 0 aliphatic carbocycles. The molecule has 0 radical (unpaired) electrons. The SMILES string of the molecule is CC(C)CC(N)c1occc1Br. The minimum absolute atomic E-state index is 0.00868. The van der Waals surface area contributed by atoms with E-state index in [2.05, 4.69) is 29.8 Å². The largest absolute Gasteiger partial charge is 0.466 e. The molecule has 0 amide bonds. The molecule has 0 saturated heterocycles. The number of hydrogen-bond acceptors (Lipinski definition) is 2. The summed E-state index contributed by atoms with van der Waals surface area (Å²) in [4.78, 5) is 0. The zero-order valence-electron chi connectivity index (χ0n) is 7.38. The Morgan fingerprint density at radius 2 is 2.25 bits per heavy atom. The van der Waals surface area contributed by atoms with Crippen LogP contribution in [0.25, 0.3) is 0 Å². The van der Waals surface area contributed by atoms with Crippen LogP contribution in [-0.4, -0.2) is 0 Å². The van der Waals surface area contributed by atoms with Crippen LogP contribution < -0.4 is 5.73 Å². The van der Waals surface area contributed by atoms with Crippen LogP contribution in [0.5, 0.6) is 0 Å². The summed E-state index contributed by atoms with van der Waals surface area (Å²) in [6, 6.07) is 1.88. The Balaban J connectivity index is 2.65. The topological polar surface area (TPSA) is 39.2 Å². The Bertz CT molecular complexity index is 244. The second-order valence-corrected chi connectivity index (χ2v) is 4.22. The first-order valence-electron chi connectivity index (χ1n) is 4.09. The monoisotopic (exact) mass is 231 g/mol. The predicted molar refractivity (Wildman–Crippen MR) is 52.8 cm³/mol. The lowest BCUT2D eigenvalue weighted by molar-refractivity contribution is 0.414. The fraction of sp³-hybridized carbons (Fsp3) is 0.556. The lowest BCUT2D eigenvalue weighted by atomic mass is 10.0. The van der Waals surface area contributed by atoms with Crippen LogP contribution in [0, 0.1) is 5.92 Å². The van der Waals surface area contributed by atoms with E-state index >= 15 is 0 Å². The van der Waals surface area contributed by atoms with E-state index in [-0.39, 0.29) is 6.04 Å². The molecule has 0 aliphatic heterocycles. The van der Waals surface area contributed by atoms with Crippen LogP contribution in [0.15, 0.2) is 21.2 Å². The van der Waals surface area contributed by atoms with Gasteiger partial charge in [-0.15, -0.1) is 0 Å². The molecule has 0 aliphatic rings. The molecule has 1 aromatic heterocycles. The van der Waals surface area contributed by atoms with Crippen LogP contribution in [0.1, 0.15) is 32.1 Å². The van der Waals surface area contributed by atoms with Gasteiger partial charge in [-0.1, -0.05) is 13.8 Å². The van der Waals surface area contributed by atoms with Crippen LogP contribution in [0.2, 0.25) is 0 Å². The Morgan fingerprint density at radius 3 is 2.67 bits per heavy atom. The second kappa shape index (κ2) is 4.10. The van der Waals surface area contributed by atoms with Crippen molar-refractivity contribution in [2.75, 3.05) is 0 Å². The highest BCUT2D eigenvalue weighted by atomic mass is 79.9. The summed E-state index contributed by atoms with van der Waals surface area (Å²) in [5.41, 5.74) is 5.92. The third-order valence-electron chi connectivity index (χ3n) is 1.71. The van der Waals surface area contributed by atoms with Crippen molar-refractivity contribution in [2.45, 2.75) is 26.3 Å². The van der Waals surface area contributed by atoms with Crippen molar-refractivity contribution in [1.82, 2.24) is 0 Å². The molecule has 1 aromatic rings. The van der Waals surface area contributed by atoms with Gasteiger partial charge in [0, 0.05) is 0 Å². The van der Waals surface area contributed by atoms with Gasteiger partial charge < -0.3 is 10.2 Å². The first kappa shape index (κ1) is 9.81. The van der Waals surface area contributed by atoms with Crippen molar-refractivity contribution in [1.29, 1.82) is 0 Å². The fourth-order valence-electron chi connectivity index (χ4n) is 1.18. The molecule has 0 spiro atoms. The zero-order valence-corrected chi connectivity index (χ0v) is 8.97. The third-order valence-corrected chi connectivity index (χ3v) is 2.36. The van der Waals surface area contributed by atoms with Gasteiger partial charge in [0.25, 0.3) is 0 Å². The van der Waals surface area contributed by atoms with Gasteiger partial charge in [-0.2, -0.15) is 0 Å². The van der Waals surface area contributed by atoms with E-state index in [9.17, 15) is 0 Å². The molecular formula is C9H14BrNO. The van der Waals surface area contributed by atoms with Crippen LogP contribution in [0.3, 0.4) is 0 Å². The molecule has 1 atom stereocenters. The second-order valence-electron chi connectivity index (χ2n) is 3.37. The van der Waals surface area contributed by atoms with Crippen LogP contribution in [-0.2, 0) is 0 Å². The normalized spacial score (nSPS) is 13.8. The van der Waals surface area contributed by atoms with E-state index in [4.69, 9.17) is 10.2 Å². The molecule has 1 rings (SSSR count). The van der Waals surface area contributed by atoms with Gasteiger partial charge in [0.15, 0.2) is 0 Å². The van der Waals surface area contributed by atoms with Crippen molar-refractivity contribution in [3.05, 3.63) is 22.6 Å². The molecule has 68 valence electrons. The molecule has 1 heterocycles. The van der Waals surface area contributed by atoms with Crippen molar-refractivity contribution >= 4 is 15.9 Å². The molecule has 0 fully saturated rings. The lowest BCUT2D eigenvalue weighted by Crippen LogP contribution is -2.12. The number of furan rings is 1. The molecule has 1 unspecified atom stereocenters. The highest BCUT2D eigenvalue weighted by Crippen LogP contribution is 2.26. The molecule has 0 bridgehead atoms. The summed E-state index contributed by atoms with van der Waals surface area (Å²) in [7, 11) is 0. The van der Waals surface area contributed by atoms with Gasteiger partial charge in [0.05, 0.1) is 16.8 Å². The third kappa shape index (κ3) is 2.35. The van der Waals surface area contributed by atoms with Crippen LogP contribution >= 0.6 is 15.9 Å². The molecule has 0 saturated carbocycles. The molecule has 3 heteroatoms. The summed E-state index contributed by atoms with van der Waals surface area (Å²) in [5, 5.41) is 0. The minimum atomic E-state index is 0.00868. The van der Waals surface area contributed by atoms with Gasteiger partial charge in [-0.05, 0) is 34.3 Å². The highest BCUT2D eigenvalue weighted by Gasteiger charge is 2.14. The van der Waals surface area contributed by atoms with Gasteiger partial charge in [-0.25, -0.2) is 0 Å². The van der Waals surface area contributed by atoms with Gasteiger partial charge in [0.1, 0.15) is 5.76 Å². The summed E-state index contributed by atoms with van der Waals surface area (Å²) < 4.78 is 6.22. The minimum Gasteiger partial charge on any atom is -0.466 e.